The first-order valence-electron chi connectivity index (χ1n) is 5.40. The van der Waals surface area contributed by atoms with Crippen LogP contribution in [0, 0.1) is 13.8 Å². The first-order chi connectivity index (χ1) is 7.11. The Morgan fingerprint density at radius 3 is 2.67 bits per heavy atom. The van der Waals surface area contributed by atoms with Gasteiger partial charge in [-0.25, -0.2) is 0 Å². The van der Waals surface area contributed by atoms with Gasteiger partial charge in [0.15, 0.2) is 0 Å². The molecule has 0 saturated carbocycles. The van der Waals surface area contributed by atoms with Gasteiger partial charge in [-0.05, 0) is 20.3 Å². The van der Waals surface area contributed by atoms with E-state index in [9.17, 15) is 0 Å². The summed E-state index contributed by atoms with van der Waals surface area (Å²) in [4.78, 5) is 0. The lowest BCUT2D eigenvalue weighted by Gasteiger charge is -2.09. The number of aryl methyl sites for hydroxylation is 1. The molecule has 86 valence electrons. The van der Waals surface area contributed by atoms with Gasteiger partial charge in [-0.2, -0.15) is 5.10 Å². The Balaban J connectivity index is 2.93. The highest BCUT2D eigenvalue weighted by Gasteiger charge is 2.16. The molecule has 1 atom stereocenters. The van der Waals surface area contributed by atoms with Gasteiger partial charge in [0.05, 0.1) is 18.8 Å². The van der Waals surface area contributed by atoms with Crippen LogP contribution in [-0.4, -0.2) is 23.5 Å². The van der Waals surface area contributed by atoms with Gasteiger partial charge in [0.25, 0.3) is 0 Å². The normalized spacial score (nSPS) is 13.1. The molecule has 0 saturated heterocycles. The summed E-state index contributed by atoms with van der Waals surface area (Å²) < 4.78 is 7.02. The van der Waals surface area contributed by atoms with Crippen molar-refractivity contribution in [3.05, 3.63) is 17.0 Å². The van der Waals surface area contributed by atoms with Gasteiger partial charge in [-0.1, -0.05) is 6.92 Å². The third kappa shape index (κ3) is 2.58. The van der Waals surface area contributed by atoms with E-state index in [0.29, 0.717) is 6.61 Å². The molecule has 1 unspecified atom stereocenters. The quantitative estimate of drug-likeness (QED) is 0.804. The molecule has 1 rings (SSSR count). The average molecular weight is 211 g/mol. The van der Waals surface area contributed by atoms with Gasteiger partial charge < -0.3 is 10.5 Å². The lowest BCUT2D eigenvalue weighted by Crippen LogP contribution is -2.12. The van der Waals surface area contributed by atoms with E-state index in [2.05, 4.69) is 18.9 Å². The molecular formula is C11H21N3O. The molecule has 0 spiro atoms. The Morgan fingerprint density at radius 1 is 1.47 bits per heavy atom. The molecule has 0 amide bonds. The minimum absolute atomic E-state index is 0.0984. The first-order valence-corrected chi connectivity index (χ1v) is 5.40. The van der Waals surface area contributed by atoms with E-state index in [1.807, 2.05) is 11.6 Å². The number of hydrogen-bond acceptors (Lipinski definition) is 3. The molecule has 4 nitrogen and oxygen atoms in total. The maximum Gasteiger partial charge on any atom is 0.0658 e. The Labute approximate surface area is 91.4 Å². The monoisotopic (exact) mass is 211 g/mol. The van der Waals surface area contributed by atoms with Crippen molar-refractivity contribution in [2.45, 2.75) is 39.8 Å². The van der Waals surface area contributed by atoms with E-state index in [-0.39, 0.29) is 6.04 Å². The van der Waals surface area contributed by atoms with E-state index >= 15 is 0 Å². The number of methoxy groups -OCH3 is 1. The first kappa shape index (κ1) is 12.2. The third-order valence-electron chi connectivity index (χ3n) is 2.76. The summed E-state index contributed by atoms with van der Waals surface area (Å²) in [6, 6.07) is 0.0984. The minimum Gasteiger partial charge on any atom is -0.383 e. The number of ether oxygens (including phenoxy) is 1. The van der Waals surface area contributed by atoms with Crippen molar-refractivity contribution in [1.82, 2.24) is 9.78 Å². The van der Waals surface area contributed by atoms with Crippen LogP contribution in [0.3, 0.4) is 0 Å². The molecule has 2 N–H and O–H groups in total. The highest BCUT2D eigenvalue weighted by Crippen LogP contribution is 2.21. The fraction of sp³-hybridized carbons (Fsp3) is 0.727. The van der Waals surface area contributed by atoms with Crippen LogP contribution < -0.4 is 5.73 Å². The summed E-state index contributed by atoms with van der Waals surface area (Å²) in [6.07, 6.45) is 0.942. The molecule has 0 fully saturated rings. The molecule has 0 bridgehead atoms. The molecule has 15 heavy (non-hydrogen) atoms. The van der Waals surface area contributed by atoms with E-state index in [1.165, 1.54) is 11.3 Å². The van der Waals surface area contributed by atoms with Gasteiger partial charge in [0, 0.05) is 24.4 Å². The van der Waals surface area contributed by atoms with E-state index < -0.39 is 0 Å². The summed E-state index contributed by atoms with van der Waals surface area (Å²) >= 11 is 0. The number of rotatable bonds is 5. The van der Waals surface area contributed by atoms with Crippen molar-refractivity contribution in [3.8, 4) is 0 Å². The maximum absolute atomic E-state index is 6.05. The van der Waals surface area contributed by atoms with Gasteiger partial charge in [-0.3, -0.25) is 4.68 Å². The zero-order valence-corrected chi connectivity index (χ0v) is 10.1. The molecular weight excluding hydrogens is 190 g/mol. The number of aromatic nitrogens is 2. The van der Waals surface area contributed by atoms with Crippen molar-refractivity contribution in [2.24, 2.45) is 5.73 Å². The third-order valence-corrected chi connectivity index (χ3v) is 2.76. The van der Waals surface area contributed by atoms with E-state index in [0.717, 1.165) is 18.7 Å². The molecule has 1 aromatic rings. The Morgan fingerprint density at radius 2 is 2.13 bits per heavy atom. The van der Waals surface area contributed by atoms with Gasteiger partial charge in [0.1, 0.15) is 0 Å². The van der Waals surface area contributed by atoms with E-state index in [1.54, 1.807) is 7.11 Å². The lowest BCUT2D eigenvalue weighted by molar-refractivity contribution is 0.182. The number of nitrogens with two attached hydrogens (primary N) is 1. The van der Waals surface area contributed by atoms with Crippen molar-refractivity contribution in [1.29, 1.82) is 0 Å². The second-order valence-corrected chi connectivity index (χ2v) is 3.82. The van der Waals surface area contributed by atoms with Crippen molar-refractivity contribution >= 4 is 0 Å². The second-order valence-electron chi connectivity index (χ2n) is 3.82. The molecule has 1 aromatic heterocycles. The summed E-state index contributed by atoms with van der Waals surface area (Å²) in [7, 11) is 1.70. The van der Waals surface area contributed by atoms with Crippen LogP contribution in [0.4, 0.5) is 0 Å². The van der Waals surface area contributed by atoms with Crippen LogP contribution in [0.25, 0.3) is 0 Å². The molecule has 0 aliphatic heterocycles. The number of nitrogens with zero attached hydrogens (tertiary/aromatic N) is 2. The molecule has 1 heterocycles. The van der Waals surface area contributed by atoms with Crippen LogP contribution in [0.5, 0.6) is 0 Å². The van der Waals surface area contributed by atoms with Gasteiger partial charge >= 0.3 is 0 Å². The number of hydrogen-bond donors (Lipinski definition) is 1. The van der Waals surface area contributed by atoms with Gasteiger partial charge in [0.2, 0.25) is 0 Å². The molecule has 0 aliphatic carbocycles. The zero-order valence-electron chi connectivity index (χ0n) is 10.1. The molecule has 0 aliphatic rings. The summed E-state index contributed by atoms with van der Waals surface area (Å²) in [6.45, 7) is 7.65. The summed E-state index contributed by atoms with van der Waals surface area (Å²) in [5.74, 6) is 0. The Bertz CT molecular complexity index is 320. The molecule has 0 aromatic carbocycles. The minimum atomic E-state index is 0.0984. The smallest absolute Gasteiger partial charge is 0.0658 e. The van der Waals surface area contributed by atoms with Crippen LogP contribution in [-0.2, 0) is 11.3 Å². The largest absolute Gasteiger partial charge is 0.383 e. The van der Waals surface area contributed by atoms with Crippen molar-refractivity contribution in [2.75, 3.05) is 13.7 Å². The maximum atomic E-state index is 6.05. The van der Waals surface area contributed by atoms with Crippen molar-refractivity contribution < 1.29 is 4.74 Å². The van der Waals surface area contributed by atoms with Crippen LogP contribution in [0.2, 0.25) is 0 Å². The van der Waals surface area contributed by atoms with Gasteiger partial charge in [-0.15, -0.1) is 0 Å². The van der Waals surface area contributed by atoms with Crippen LogP contribution in [0.15, 0.2) is 0 Å². The Hall–Kier alpha value is -0.870. The van der Waals surface area contributed by atoms with Crippen molar-refractivity contribution in [3.63, 3.8) is 0 Å². The van der Waals surface area contributed by atoms with E-state index in [4.69, 9.17) is 10.5 Å². The topological polar surface area (TPSA) is 53.1 Å². The molecule has 4 heteroatoms. The standard InChI is InChI=1S/C11H21N3O/c1-5-10(12)11-8(2)13-14(9(11)3)6-7-15-4/h10H,5-7,12H2,1-4H3. The SMILES string of the molecule is CCC(N)c1c(C)nn(CCOC)c1C. The Kier molecular flexibility index (Phi) is 4.29. The highest BCUT2D eigenvalue weighted by molar-refractivity contribution is 5.27. The summed E-state index contributed by atoms with van der Waals surface area (Å²) in [5, 5.41) is 4.47. The van der Waals surface area contributed by atoms with Crippen LogP contribution >= 0.6 is 0 Å². The lowest BCUT2D eigenvalue weighted by atomic mass is 10.0. The fourth-order valence-electron chi connectivity index (χ4n) is 1.85. The average Bonchev–Trinajstić information content (AvgIpc) is 2.50. The fourth-order valence-corrected chi connectivity index (χ4v) is 1.85. The predicted octanol–water partition coefficient (Wildman–Crippen LogP) is 1.56. The highest BCUT2D eigenvalue weighted by atomic mass is 16.5. The summed E-state index contributed by atoms with van der Waals surface area (Å²) in [5.41, 5.74) is 9.45. The predicted molar refractivity (Wildman–Crippen MR) is 60.8 cm³/mol. The zero-order chi connectivity index (χ0) is 11.4. The van der Waals surface area contributed by atoms with Crippen LogP contribution in [0.1, 0.15) is 36.3 Å². The molecule has 0 radical (unpaired) electrons. The second kappa shape index (κ2) is 5.28.